The summed E-state index contributed by atoms with van der Waals surface area (Å²) >= 11 is 0. The van der Waals surface area contributed by atoms with Crippen molar-refractivity contribution < 1.29 is 23.9 Å². The first-order chi connectivity index (χ1) is 13.5. The minimum absolute atomic E-state index is 0.108. The normalized spacial score (nSPS) is 15.6. The van der Waals surface area contributed by atoms with Crippen molar-refractivity contribution in [1.29, 1.82) is 0 Å². The van der Waals surface area contributed by atoms with Crippen molar-refractivity contribution >= 4 is 23.7 Å². The molecule has 1 aliphatic heterocycles. The van der Waals surface area contributed by atoms with Crippen LogP contribution in [0.25, 0.3) is 0 Å². The summed E-state index contributed by atoms with van der Waals surface area (Å²) < 4.78 is 5.17. The first kappa shape index (κ1) is 21.4. The van der Waals surface area contributed by atoms with Gasteiger partial charge in [0.15, 0.2) is 0 Å². The monoisotopic (exact) mass is 389 g/mol. The van der Waals surface area contributed by atoms with E-state index in [1.54, 1.807) is 0 Å². The van der Waals surface area contributed by atoms with Gasteiger partial charge in [0.2, 0.25) is 17.7 Å². The molecule has 0 spiro atoms. The van der Waals surface area contributed by atoms with Gasteiger partial charge in [-0.1, -0.05) is 30.3 Å². The highest BCUT2D eigenvalue weighted by Crippen LogP contribution is 2.06. The van der Waals surface area contributed by atoms with Gasteiger partial charge in [-0.3, -0.25) is 19.2 Å². The molecule has 3 amide bonds. The Labute approximate surface area is 164 Å². The van der Waals surface area contributed by atoms with E-state index in [9.17, 15) is 19.2 Å². The molecule has 1 atom stereocenters. The van der Waals surface area contributed by atoms with Gasteiger partial charge in [-0.25, -0.2) is 0 Å². The summed E-state index contributed by atoms with van der Waals surface area (Å²) in [4.78, 5) is 46.3. The molecule has 1 fully saturated rings. The smallest absolute Gasteiger partial charge is 0.306 e. The lowest BCUT2D eigenvalue weighted by atomic mass is 10.2. The zero-order chi connectivity index (χ0) is 20.2. The van der Waals surface area contributed by atoms with Crippen molar-refractivity contribution in [2.24, 2.45) is 0 Å². The van der Waals surface area contributed by atoms with Gasteiger partial charge in [0, 0.05) is 32.4 Å². The lowest BCUT2D eigenvalue weighted by Gasteiger charge is -2.10. The summed E-state index contributed by atoms with van der Waals surface area (Å²) in [7, 11) is 0. The Bertz CT molecular complexity index is 678. The molecule has 0 bridgehead atoms. The number of ether oxygens (including phenoxy) is 1. The van der Waals surface area contributed by atoms with Gasteiger partial charge in [-0.2, -0.15) is 0 Å². The fourth-order valence-electron chi connectivity index (χ4n) is 2.75. The molecule has 28 heavy (non-hydrogen) atoms. The third-order valence-corrected chi connectivity index (χ3v) is 4.31. The van der Waals surface area contributed by atoms with Gasteiger partial charge in [0.05, 0.1) is 0 Å². The quantitative estimate of drug-likeness (QED) is 0.383. The molecular weight excluding hydrogens is 362 g/mol. The summed E-state index contributed by atoms with van der Waals surface area (Å²) in [6.07, 6.45) is 2.44. The van der Waals surface area contributed by atoms with Crippen molar-refractivity contribution in [3.05, 3.63) is 35.9 Å². The number of hydrogen-bond acceptors (Lipinski definition) is 5. The largest absolute Gasteiger partial charge is 0.461 e. The maximum absolute atomic E-state index is 11.8. The van der Waals surface area contributed by atoms with Crippen molar-refractivity contribution in [1.82, 2.24) is 16.0 Å². The van der Waals surface area contributed by atoms with Gasteiger partial charge in [0.25, 0.3) is 0 Å². The van der Waals surface area contributed by atoms with Crippen molar-refractivity contribution in [3.63, 3.8) is 0 Å². The van der Waals surface area contributed by atoms with E-state index in [0.717, 1.165) is 5.56 Å². The Morgan fingerprint density at radius 1 is 1.04 bits per heavy atom. The molecule has 1 aliphatic rings. The van der Waals surface area contributed by atoms with E-state index in [2.05, 4.69) is 16.0 Å². The lowest BCUT2D eigenvalue weighted by Crippen LogP contribution is -2.42. The molecule has 152 valence electrons. The second-order valence-corrected chi connectivity index (χ2v) is 6.65. The number of carbonyl (C=O) groups is 4. The fraction of sp³-hybridized carbons (Fsp3) is 0.500. The predicted molar refractivity (Wildman–Crippen MR) is 102 cm³/mol. The summed E-state index contributed by atoms with van der Waals surface area (Å²) in [5.41, 5.74) is 0.937. The average molecular weight is 389 g/mol. The Morgan fingerprint density at radius 3 is 2.46 bits per heavy atom. The van der Waals surface area contributed by atoms with Crippen molar-refractivity contribution in [2.75, 3.05) is 13.1 Å². The third-order valence-electron chi connectivity index (χ3n) is 4.31. The predicted octanol–water partition coefficient (Wildman–Crippen LogP) is 0.801. The van der Waals surface area contributed by atoms with Gasteiger partial charge in [-0.15, -0.1) is 0 Å². The van der Waals surface area contributed by atoms with Gasteiger partial charge in [-0.05, 0) is 24.8 Å². The fourth-order valence-corrected chi connectivity index (χ4v) is 2.75. The molecule has 0 saturated carbocycles. The molecule has 1 aromatic carbocycles. The van der Waals surface area contributed by atoms with Crippen LogP contribution in [0.15, 0.2) is 30.3 Å². The van der Waals surface area contributed by atoms with Crippen LogP contribution in [0.4, 0.5) is 0 Å². The summed E-state index contributed by atoms with van der Waals surface area (Å²) in [6.45, 7) is 1.03. The van der Waals surface area contributed by atoms with E-state index in [1.807, 2.05) is 30.3 Å². The van der Waals surface area contributed by atoms with E-state index in [4.69, 9.17) is 4.74 Å². The van der Waals surface area contributed by atoms with Crippen LogP contribution in [-0.2, 0) is 30.5 Å². The molecule has 8 nitrogen and oxygen atoms in total. The van der Waals surface area contributed by atoms with E-state index in [0.29, 0.717) is 38.8 Å². The number of amides is 3. The van der Waals surface area contributed by atoms with Crippen LogP contribution >= 0.6 is 0 Å². The molecule has 8 heteroatoms. The first-order valence-corrected chi connectivity index (χ1v) is 9.58. The van der Waals surface area contributed by atoms with Crippen LogP contribution in [0, 0.1) is 0 Å². The zero-order valence-corrected chi connectivity index (χ0v) is 15.9. The Kier molecular flexibility index (Phi) is 8.97. The number of benzene rings is 1. The second-order valence-electron chi connectivity index (χ2n) is 6.65. The van der Waals surface area contributed by atoms with Crippen LogP contribution in [0.3, 0.4) is 0 Å². The third kappa shape index (κ3) is 8.20. The Morgan fingerprint density at radius 2 is 1.75 bits per heavy atom. The molecule has 0 radical (unpaired) electrons. The first-order valence-electron chi connectivity index (χ1n) is 9.58. The Balaban J connectivity index is 1.44. The molecule has 1 heterocycles. The zero-order valence-electron chi connectivity index (χ0n) is 15.9. The van der Waals surface area contributed by atoms with Crippen LogP contribution in [-0.4, -0.2) is 42.8 Å². The minimum Gasteiger partial charge on any atom is -0.461 e. The summed E-state index contributed by atoms with van der Waals surface area (Å²) in [6, 6.07) is 8.99. The number of nitrogens with one attached hydrogen (secondary N) is 3. The minimum atomic E-state index is -0.456. The standard InChI is InChI=1S/C20H27N3O5/c24-17(8-4-13-22-20(27)16-10-11-18(25)23-16)21-12-5-9-19(26)28-14-15-6-2-1-3-7-15/h1-3,6-7,16H,4-5,8-14H2,(H,21,24)(H,22,27)(H,23,25). The Hall–Kier alpha value is -2.90. The van der Waals surface area contributed by atoms with E-state index >= 15 is 0 Å². The van der Waals surface area contributed by atoms with Gasteiger partial charge in [0.1, 0.15) is 12.6 Å². The number of hydrogen-bond donors (Lipinski definition) is 3. The molecule has 0 aromatic heterocycles. The molecular formula is C20H27N3O5. The number of rotatable bonds is 11. The van der Waals surface area contributed by atoms with Crippen LogP contribution in [0.1, 0.15) is 44.1 Å². The summed E-state index contributed by atoms with van der Waals surface area (Å²) in [5.74, 6) is -0.732. The van der Waals surface area contributed by atoms with Crippen molar-refractivity contribution in [3.8, 4) is 0 Å². The topological polar surface area (TPSA) is 114 Å². The average Bonchev–Trinajstić information content (AvgIpc) is 3.14. The molecule has 3 N–H and O–H groups in total. The van der Waals surface area contributed by atoms with E-state index in [-0.39, 0.29) is 43.1 Å². The van der Waals surface area contributed by atoms with E-state index in [1.165, 1.54) is 0 Å². The second kappa shape index (κ2) is 11.7. The summed E-state index contributed by atoms with van der Waals surface area (Å²) in [5, 5.41) is 8.06. The molecule has 1 saturated heterocycles. The highest BCUT2D eigenvalue weighted by molar-refractivity contribution is 5.90. The molecule has 2 rings (SSSR count). The lowest BCUT2D eigenvalue weighted by molar-refractivity contribution is -0.145. The highest BCUT2D eigenvalue weighted by atomic mass is 16.5. The van der Waals surface area contributed by atoms with Gasteiger partial charge < -0.3 is 20.7 Å². The maximum atomic E-state index is 11.8. The van der Waals surface area contributed by atoms with Crippen molar-refractivity contribution in [2.45, 2.75) is 51.2 Å². The van der Waals surface area contributed by atoms with E-state index < -0.39 is 6.04 Å². The number of carbonyl (C=O) groups excluding carboxylic acids is 4. The molecule has 0 aliphatic carbocycles. The van der Waals surface area contributed by atoms with Gasteiger partial charge >= 0.3 is 5.97 Å². The SMILES string of the molecule is O=C(CCCNC(=O)C1CCC(=O)N1)NCCCC(=O)OCc1ccccc1. The molecule has 1 aromatic rings. The highest BCUT2D eigenvalue weighted by Gasteiger charge is 2.26. The maximum Gasteiger partial charge on any atom is 0.306 e. The van der Waals surface area contributed by atoms with Crippen LogP contribution in [0.2, 0.25) is 0 Å². The number of esters is 1. The molecule has 1 unspecified atom stereocenters. The van der Waals surface area contributed by atoms with Crippen LogP contribution in [0.5, 0.6) is 0 Å². The van der Waals surface area contributed by atoms with Crippen LogP contribution < -0.4 is 16.0 Å².